The fourth-order valence-corrected chi connectivity index (χ4v) is 1.73. The van der Waals surface area contributed by atoms with E-state index in [9.17, 15) is 5.11 Å². The number of aryl methyl sites for hydroxylation is 1. The second-order valence-electron chi connectivity index (χ2n) is 4.09. The third kappa shape index (κ3) is 4.96. The van der Waals surface area contributed by atoms with E-state index in [-0.39, 0.29) is 6.10 Å². The molecule has 0 spiro atoms. The number of aliphatic hydroxyl groups is 1. The van der Waals surface area contributed by atoms with Crippen LogP contribution in [0.15, 0.2) is 24.3 Å². The highest BCUT2D eigenvalue weighted by molar-refractivity contribution is 5.22. The maximum absolute atomic E-state index is 9.79. The molecule has 0 bridgehead atoms. The van der Waals surface area contributed by atoms with Crippen LogP contribution in [0.25, 0.3) is 0 Å². The van der Waals surface area contributed by atoms with E-state index in [1.165, 1.54) is 11.1 Å². The number of rotatable bonds is 6. The monoisotopic (exact) mass is 207 g/mol. The maximum atomic E-state index is 9.79. The summed E-state index contributed by atoms with van der Waals surface area (Å²) >= 11 is 0. The van der Waals surface area contributed by atoms with Gasteiger partial charge in [0.25, 0.3) is 0 Å². The quantitative estimate of drug-likeness (QED) is 0.698. The zero-order valence-electron chi connectivity index (χ0n) is 9.66. The minimum atomic E-state index is -0.208. The molecule has 0 amide bonds. The van der Waals surface area contributed by atoms with E-state index in [4.69, 9.17) is 0 Å². The van der Waals surface area contributed by atoms with Gasteiger partial charge in [-0.15, -0.1) is 0 Å². The molecule has 1 aromatic rings. The normalized spacial score (nSPS) is 12.7. The third-order valence-electron chi connectivity index (χ3n) is 2.52. The standard InChI is InChI=1S/C13H21NO/c1-11-5-3-6-12(9-11)10-13(15)7-4-8-14-2/h3,5-6,9,13-15H,4,7-8,10H2,1-2H3. The lowest BCUT2D eigenvalue weighted by Gasteiger charge is -2.10. The van der Waals surface area contributed by atoms with Crippen molar-refractivity contribution in [2.24, 2.45) is 0 Å². The first kappa shape index (κ1) is 12.2. The van der Waals surface area contributed by atoms with Gasteiger partial charge in [-0.1, -0.05) is 29.8 Å². The molecule has 0 fully saturated rings. The predicted molar refractivity (Wildman–Crippen MR) is 64.1 cm³/mol. The molecule has 1 unspecified atom stereocenters. The first-order chi connectivity index (χ1) is 7.22. The Bertz CT molecular complexity index is 286. The third-order valence-corrected chi connectivity index (χ3v) is 2.52. The lowest BCUT2D eigenvalue weighted by molar-refractivity contribution is 0.162. The predicted octanol–water partition coefficient (Wildman–Crippen LogP) is 1.90. The summed E-state index contributed by atoms with van der Waals surface area (Å²) in [6.07, 6.45) is 2.46. The average molecular weight is 207 g/mol. The van der Waals surface area contributed by atoms with Crippen LogP contribution in [0, 0.1) is 6.92 Å². The van der Waals surface area contributed by atoms with Crippen molar-refractivity contribution in [1.29, 1.82) is 0 Å². The Morgan fingerprint density at radius 1 is 1.40 bits per heavy atom. The van der Waals surface area contributed by atoms with Crippen LogP contribution in [0.3, 0.4) is 0 Å². The number of hydrogen-bond acceptors (Lipinski definition) is 2. The van der Waals surface area contributed by atoms with Crippen molar-refractivity contribution in [3.8, 4) is 0 Å². The zero-order valence-corrected chi connectivity index (χ0v) is 9.66. The van der Waals surface area contributed by atoms with Gasteiger partial charge in [-0.3, -0.25) is 0 Å². The van der Waals surface area contributed by atoms with Crippen molar-refractivity contribution < 1.29 is 5.11 Å². The van der Waals surface area contributed by atoms with E-state index in [1.54, 1.807) is 0 Å². The highest BCUT2D eigenvalue weighted by Crippen LogP contribution is 2.09. The van der Waals surface area contributed by atoms with Gasteiger partial charge in [0.05, 0.1) is 6.10 Å². The van der Waals surface area contributed by atoms with Gasteiger partial charge in [-0.2, -0.15) is 0 Å². The highest BCUT2D eigenvalue weighted by Gasteiger charge is 2.04. The van der Waals surface area contributed by atoms with Crippen molar-refractivity contribution in [2.45, 2.75) is 32.3 Å². The number of benzene rings is 1. The van der Waals surface area contributed by atoms with Gasteiger partial charge in [0.1, 0.15) is 0 Å². The molecule has 0 aliphatic rings. The van der Waals surface area contributed by atoms with Crippen LogP contribution < -0.4 is 5.32 Å². The van der Waals surface area contributed by atoms with Crippen molar-refractivity contribution in [2.75, 3.05) is 13.6 Å². The first-order valence-corrected chi connectivity index (χ1v) is 5.60. The van der Waals surface area contributed by atoms with E-state index in [0.29, 0.717) is 0 Å². The van der Waals surface area contributed by atoms with E-state index < -0.39 is 0 Å². The molecule has 2 nitrogen and oxygen atoms in total. The highest BCUT2D eigenvalue weighted by atomic mass is 16.3. The van der Waals surface area contributed by atoms with E-state index in [2.05, 4.69) is 30.4 Å². The molecule has 2 N–H and O–H groups in total. The summed E-state index contributed by atoms with van der Waals surface area (Å²) in [4.78, 5) is 0. The fourth-order valence-electron chi connectivity index (χ4n) is 1.73. The molecule has 0 saturated carbocycles. The molecule has 0 aliphatic heterocycles. The van der Waals surface area contributed by atoms with E-state index in [0.717, 1.165) is 25.8 Å². The number of aliphatic hydroxyl groups excluding tert-OH is 1. The second kappa shape index (κ2) is 6.59. The number of nitrogens with one attached hydrogen (secondary N) is 1. The van der Waals surface area contributed by atoms with Crippen LogP contribution in [0.4, 0.5) is 0 Å². The van der Waals surface area contributed by atoms with Crippen molar-refractivity contribution in [3.05, 3.63) is 35.4 Å². The molecule has 15 heavy (non-hydrogen) atoms. The van der Waals surface area contributed by atoms with Crippen LogP contribution >= 0.6 is 0 Å². The van der Waals surface area contributed by atoms with Crippen LogP contribution in [0.2, 0.25) is 0 Å². The summed E-state index contributed by atoms with van der Waals surface area (Å²) in [6, 6.07) is 8.34. The molecule has 1 rings (SSSR count). The molecule has 2 heteroatoms. The molecule has 0 radical (unpaired) electrons. The van der Waals surface area contributed by atoms with Crippen molar-refractivity contribution >= 4 is 0 Å². The van der Waals surface area contributed by atoms with E-state index in [1.807, 2.05) is 13.1 Å². The minimum Gasteiger partial charge on any atom is -0.393 e. The fraction of sp³-hybridized carbons (Fsp3) is 0.538. The Labute approximate surface area is 92.3 Å². The minimum absolute atomic E-state index is 0.208. The lowest BCUT2D eigenvalue weighted by atomic mass is 10.0. The molecular weight excluding hydrogens is 186 g/mol. The molecule has 0 aliphatic carbocycles. The van der Waals surface area contributed by atoms with Gasteiger partial charge >= 0.3 is 0 Å². The molecule has 1 atom stereocenters. The Morgan fingerprint density at radius 2 is 2.20 bits per heavy atom. The molecule has 0 heterocycles. The van der Waals surface area contributed by atoms with Crippen LogP contribution in [-0.4, -0.2) is 24.8 Å². The van der Waals surface area contributed by atoms with E-state index >= 15 is 0 Å². The second-order valence-corrected chi connectivity index (χ2v) is 4.09. The summed E-state index contributed by atoms with van der Waals surface area (Å²) < 4.78 is 0. The van der Waals surface area contributed by atoms with Crippen molar-refractivity contribution in [3.63, 3.8) is 0 Å². The SMILES string of the molecule is CNCCCC(O)Cc1cccc(C)c1. The summed E-state index contributed by atoms with van der Waals surface area (Å²) in [7, 11) is 1.94. The zero-order chi connectivity index (χ0) is 11.1. The summed E-state index contributed by atoms with van der Waals surface area (Å²) in [5.74, 6) is 0. The molecule has 84 valence electrons. The van der Waals surface area contributed by atoms with Crippen molar-refractivity contribution in [1.82, 2.24) is 5.32 Å². The summed E-state index contributed by atoms with van der Waals surface area (Å²) in [5, 5.41) is 12.9. The Kier molecular flexibility index (Phi) is 5.37. The van der Waals surface area contributed by atoms with Gasteiger partial charge in [0, 0.05) is 0 Å². The molecule has 0 saturated heterocycles. The topological polar surface area (TPSA) is 32.3 Å². The smallest absolute Gasteiger partial charge is 0.0581 e. The molecular formula is C13H21NO. The van der Waals surface area contributed by atoms with Gasteiger partial charge < -0.3 is 10.4 Å². The van der Waals surface area contributed by atoms with Crippen LogP contribution in [0.1, 0.15) is 24.0 Å². The molecule has 1 aromatic carbocycles. The van der Waals surface area contributed by atoms with Crippen LogP contribution in [-0.2, 0) is 6.42 Å². The van der Waals surface area contributed by atoms with Gasteiger partial charge in [-0.05, 0) is 45.3 Å². The van der Waals surface area contributed by atoms with Gasteiger partial charge in [0.2, 0.25) is 0 Å². The Morgan fingerprint density at radius 3 is 2.87 bits per heavy atom. The summed E-state index contributed by atoms with van der Waals surface area (Å²) in [5.41, 5.74) is 2.49. The lowest BCUT2D eigenvalue weighted by Crippen LogP contribution is -2.14. The molecule has 0 aromatic heterocycles. The first-order valence-electron chi connectivity index (χ1n) is 5.60. The Hall–Kier alpha value is -0.860. The maximum Gasteiger partial charge on any atom is 0.0581 e. The van der Waals surface area contributed by atoms with Crippen LogP contribution in [0.5, 0.6) is 0 Å². The Balaban J connectivity index is 2.34. The van der Waals surface area contributed by atoms with Gasteiger partial charge in [-0.25, -0.2) is 0 Å². The summed E-state index contributed by atoms with van der Waals surface area (Å²) in [6.45, 7) is 3.06. The largest absolute Gasteiger partial charge is 0.393 e. The number of hydrogen-bond donors (Lipinski definition) is 2. The van der Waals surface area contributed by atoms with Gasteiger partial charge in [0.15, 0.2) is 0 Å². The average Bonchev–Trinajstić information content (AvgIpc) is 2.18.